The van der Waals surface area contributed by atoms with Crippen LogP contribution in [0, 0.1) is 18.7 Å². The van der Waals surface area contributed by atoms with Crippen molar-refractivity contribution in [1.82, 2.24) is 15.2 Å². The number of benzene rings is 1. The monoisotopic (exact) mass is 375 g/mol. The summed E-state index contributed by atoms with van der Waals surface area (Å²) in [6, 6.07) is 3.50. The van der Waals surface area contributed by atoms with Crippen LogP contribution in [0.15, 0.2) is 23.6 Å². The van der Waals surface area contributed by atoms with Crippen molar-refractivity contribution in [1.29, 1.82) is 0 Å². The normalized spacial score (nSPS) is 17.5. The quantitative estimate of drug-likeness (QED) is 0.893. The number of halogens is 1. The Labute approximate surface area is 156 Å². The molecule has 1 aromatic heterocycles. The van der Waals surface area contributed by atoms with Crippen LogP contribution in [0.1, 0.15) is 46.5 Å². The van der Waals surface area contributed by atoms with Gasteiger partial charge in [-0.1, -0.05) is 19.9 Å². The molecule has 2 aromatic rings. The summed E-state index contributed by atoms with van der Waals surface area (Å²) in [5.74, 6) is -0.422. The van der Waals surface area contributed by atoms with E-state index in [1.165, 1.54) is 28.4 Å². The first-order valence-electron chi connectivity index (χ1n) is 8.66. The van der Waals surface area contributed by atoms with Crippen LogP contribution in [0.25, 0.3) is 0 Å². The van der Waals surface area contributed by atoms with Gasteiger partial charge in [0.15, 0.2) is 0 Å². The Morgan fingerprint density at radius 1 is 1.46 bits per heavy atom. The fourth-order valence-corrected chi connectivity index (χ4v) is 4.12. The zero-order chi connectivity index (χ0) is 18.8. The van der Waals surface area contributed by atoms with Crippen molar-refractivity contribution in [2.75, 3.05) is 13.1 Å². The molecule has 138 valence electrons. The molecule has 5 nitrogen and oxygen atoms in total. The molecular formula is C19H22FN3O2S. The van der Waals surface area contributed by atoms with Crippen LogP contribution in [-0.2, 0) is 11.2 Å². The number of aromatic nitrogens is 1. The van der Waals surface area contributed by atoms with Crippen LogP contribution in [0.4, 0.5) is 4.39 Å². The van der Waals surface area contributed by atoms with Gasteiger partial charge < -0.3 is 10.2 Å². The number of carbonyl (C=O) groups excluding carboxylic acids is 2. The summed E-state index contributed by atoms with van der Waals surface area (Å²) in [7, 11) is 0. The molecule has 2 amide bonds. The summed E-state index contributed by atoms with van der Waals surface area (Å²) < 4.78 is 13.4. The fraction of sp³-hybridized carbons (Fsp3) is 0.421. The second-order valence-electron chi connectivity index (χ2n) is 6.92. The maximum atomic E-state index is 13.4. The standard InChI is InChI=1S/C19H22FN3O2S/c1-11(2)8-16-22-15(10-26-16)19(25)23-7-6-21-18(24)17(23)14-5-4-13(20)9-12(14)3/h4-5,9-11,17H,6-8H2,1-3H3,(H,21,24). The second kappa shape index (κ2) is 7.53. The molecule has 1 saturated heterocycles. The Kier molecular flexibility index (Phi) is 5.36. The SMILES string of the molecule is Cc1cc(F)ccc1C1C(=O)NCCN1C(=O)c1csc(CC(C)C)n1. The van der Waals surface area contributed by atoms with Crippen LogP contribution in [-0.4, -0.2) is 34.8 Å². The third-order valence-corrected chi connectivity index (χ3v) is 5.22. The molecule has 0 spiro atoms. The summed E-state index contributed by atoms with van der Waals surface area (Å²) in [5, 5.41) is 5.46. The van der Waals surface area contributed by atoms with Crippen LogP contribution >= 0.6 is 11.3 Å². The number of hydrogen-bond acceptors (Lipinski definition) is 4. The molecule has 1 N–H and O–H groups in total. The molecule has 0 bridgehead atoms. The van der Waals surface area contributed by atoms with E-state index in [9.17, 15) is 14.0 Å². The first kappa shape index (κ1) is 18.5. The Balaban J connectivity index is 1.91. The summed E-state index contributed by atoms with van der Waals surface area (Å²) in [6.45, 7) is 6.73. The maximum Gasteiger partial charge on any atom is 0.274 e. The maximum absolute atomic E-state index is 13.4. The van der Waals surface area contributed by atoms with E-state index >= 15 is 0 Å². The summed E-state index contributed by atoms with van der Waals surface area (Å²) >= 11 is 1.46. The number of rotatable bonds is 4. The first-order valence-corrected chi connectivity index (χ1v) is 9.54. The highest BCUT2D eigenvalue weighted by Gasteiger charge is 2.36. The Morgan fingerprint density at radius 3 is 2.92 bits per heavy atom. The van der Waals surface area contributed by atoms with Crippen molar-refractivity contribution in [2.45, 2.75) is 33.2 Å². The number of aryl methyl sites for hydroxylation is 1. The minimum absolute atomic E-state index is 0.253. The zero-order valence-electron chi connectivity index (χ0n) is 15.1. The van der Waals surface area contributed by atoms with Gasteiger partial charge in [0.25, 0.3) is 5.91 Å². The lowest BCUT2D eigenvalue weighted by molar-refractivity contribution is -0.128. The van der Waals surface area contributed by atoms with Crippen molar-refractivity contribution in [2.24, 2.45) is 5.92 Å². The number of hydrogen-bond donors (Lipinski definition) is 1. The molecule has 1 aliphatic heterocycles. The third-order valence-electron chi connectivity index (χ3n) is 4.35. The molecular weight excluding hydrogens is 353 g/mol. The second-order valence-corrected chi connectivity index (χ2v) is 7.86. The minimum atomic E-state index is -0.771. The molecule has 7 heteroatoms. The molecule has 1 aromatic carbocycles. The van der Waals surface area contributed by atoms with Crippen molar-refractivity contribution in [3.05, 3.63) is 51.2 Å². The summed E-state index contributed by atoms with van der Waals surface area (Å²) in [5.41, 5.74) is 1.64. The molecule has 1 fully saturated rings. The number of nitrogens with one attached hydrogen (secondary N) is 1. The highest BCUT2D eigenvalue weighted by Crippen LogP contribution is 2.28. The van der Waals surface area contributed by atoms with Gasteiger partial charge >= 0.3 is 0 Å². The average Bonchev–Trinajstić information content (AvgIpc) is 3.02. The molecule has 1 unspecified atom stereocenters. The van der Waals surface area contributed by atoms with E-state index in [1.54, 1.807) is 18.4 Å². The van der Waals surface area contributed by atoms with Gasteiger partial charge in [0.05, 0.1) is 5.01 Å². The smallest absolute Gasteiger partial charge is 0.274 e. The molecule has 0 aliphatic carbocycles. The Bertz CT molecular complexity index is 834. The minimum Gasteiger partial charge on any atom is -0.352 e. The molecule has 0 radical (unpaired) electrons. The largest absolute Gasteiger partial charge is 0.352 e. The van der Waals surface area contributed by atoms with E-state index in [0.717, 1.165) is 11.4 Å². The lowest BCUT2D eigenvalue weighted by Crippen LogP contribution is -2.52. The van der Waals surface area contributed by atoms with E-state index in [4.69, 9.17) is 0 Å². The fourth-order valence-electron chi connectivity index (χ4n) is 3.14. The van der Waals surface area contributed by atoms with Crippen molar-refractivity contribution < 1.29 is 14.0 Å². The van der Waals surface area contributed by atoms with E-state index < -0.39 is 6.04 Å². The average molecular weight is 375 g/mol. The topological polar surface area (TPSA) is 62.3 Å². The Morgan fingerprint density at radius 2 is 2.23 bits per heavy atom. The highest BCUT2D eigenvalue weighted by molar-refractivity contribution is 7.09. The van der Waals surface area contributed by atoms with Gasteiger partial charge in [0.1, 0.15) is 17.6 Å². The molecule has 1 atom stereocenters. The summed E-state index contributed by atoms with van der Waals surface area (Å²) in [6.07, 6.45) is 0.818. The van der Waals surface area contributed by atoms with E-state index in [0.29, 0.717) is 35.8 Å². The van der Waals surface area contributed by atoms with Crippen molar-refractivity contribution in [3.8, 4) is 0 Å². The number of piperazine rings is 1. The van der Waals surface area contributed by atoms with Gasteiger partial charge in [0, 0.05) is 24.9 Å². The van der Waals surface area contributed by atoms with Gasteiger partial charge in [-0.2, -0.15) is 0 Å². The molecule has 3 rings (SSSR count). The number of amides is 2. The molecule has 0 saturated carbocycles. The molecule has 26 heavy (non-hydrogen) atoms. The van der Waals surface area contributed by atoms with E-state index in [-0.39, 0.29) is 17.6 Å². The van der Waals surface area contributed by atoms with Crippen LogP contribution in [0.3, 0.4) is 0 Å². The number of nitrogens with zero attached hydrogens (tertiary/aromatic N) is 2. The highest BCUT2D eigenvalue weighted by atomic mass is 32.1. The van der Waals surface area contributed by atoms with Crippen LogP contribution < -0.4 is 5.32 Å². The van der Waals surface area contributed by atoms with E-state index in [2.05, 4.69) is 24.1 Å². The van der Waals surface area contributed by atoms with Crippen LogP contribution in [0.5, 0.6) is 0 Å². The Hall–Kier alpha value is -2.28. The van der Waals surface area contributed by atoms with E-state index in [1.807, 2.05) is 0 Å². The number of thiazole rings is 1. The van der Waals surface area contributed by atoms with Gasteiger partial charge in [-0.05, 0) is 36.1 Å². The van der Waals surface area contributed by atoms with Crippen molar-refractivity contribution >= 4 is 23.2 Å². The van der Waals surface area contributed by atoms with Crippen LogP contribution in [0.2, 0.25) is 0 Å². The van der Waals surface area contributed by atoms with Gasteiger partial charge in [-0.25, -0.2) is 9.37 Å². The van der Waals surface area contributed by atoms with Gasteiger partial charge in [-0.3, -0.25) is 9.59 Å². The zero-order valence-corrected chi connectivity index (χ0v) is 15.9. The first-order chi connectivity index (χ1) is 12.4. The molecule has 1 aliphatic rings. The molecule has 2 heterocycles. The third kappa shape index (κ3) is 3.77. The van der Waals surface area contributed by atoms with Gasteiger partial charge in [-0.15, -0.1) is 11.3 Å². The van der Waals surface area contributed by atoms with Gasteiger partial charge in [0.2, 0.25) is 5.91 Å². The summed E-state index contributed by atoms with van der Waals surface area (Å²) in [4.78, 5) is 31.5. The predicted octanol–water partition coefficient (Wildman–Crippen LogP) is 3.10. The lowest BCUT2D eigenvalue weighted by atomic mass is 9.97. The predicted molar refractivity (Wildman–Crippen MR) is 98.6 cm³/mol. The van der Waals surface area contributed by atoms with Crippen molar-refractivity contribution in [3.63, 3.8) is 0 Å². The lowest BCUT2D eigenvalue weighted by Gasteiger charge is -2.35. The number of carbonyl (C=O) groups is 2.